The van der Waals surface area contributed by atoms with Crippen LogP contribution in [0.25, 0.3) is 0 Å². The van der Waals surface area contributed by atoms with Crippen molar-refractivity contribution in [2.24, 2.45) is 0 Å². The van der Waals surface area contributed by atoms with E-state index in [0.717, 1.165) is 0 Å². The minimum absolute atomic E-state index is 0. The van der Waals surface area contributed by atoms with E-state index in [0.29, 0.717) is 5.11 Å². The van der Waals surface area contributed by atoms with E-state index >= 15 is 0 Å². The second-order valence-electron chi connectivity index (χ2n) is 2.62. The Hall–Kier alpha value is 1.80. The summed E-state index contributed by atoms with van der Waals surface area (Å²) in [5.74, 6) is 0. The van der Waals surface area contributed by atoms with Crippen LogP contribution in [0.2, 0.25) is 0 Å². The summed E-state index contributed by atoms with van der Waals surface area (Å²) >= 11 is 4.78. The van der Waals surface area contributed by atoms with E-state index in [1.165, 1.54) is 0 Å². The third-order valence-corrected chi connectivity index (χ3v) is 2.03. The third-order valence-electron chi connectivity index (χ3n) is 1.01. The van der Waals surface area contributed by atoms with Crippen molar-refractivity contribution >= 4 is 54.5 Å². The van der Waals surface area contributed by atoms with Gasteiger partial charge >= 0.3 is 29.6 Å². The molecule has 0 saturated heterocycles. The Labute approximate surface area is 139 Å². The van der Waals surface area contributed by atoms with Crippen molar-refractivity contribution < 1.29 is 43.9 Å². The van der Waals surface area contributed by atoms with E-state index in [4.69, 9.17) is 17.1 Å². The molecule has 0 aromatic carbocycles. The van der Waals surface area contributed by atoms with Gasteiger partial charge in [-0.15, -0.1) is 0 Å². The number of nitrogens with one attached hydrogen (secondary N) is 2. The van der Waals surface area contributed by atoms with Crippen molar-refractivity contribution in [3.8, 4) is 0 Å². The van der Waals surface area contributed by atoms with Gasteiger partial charge in [0.25, 0.3) is 0 Å². The van der Waals surface area contributed by atoms with Crippen molar-refractivity contribution in [3.05, 3.63) is 0 Å². The van der Waals surface area contributed by atoms with Crippen LogP contribution in [0.4, 0.5) is 0 Å². The Morgan fingerprint density at radius 1 is 1.60 bits per heavy atom. The molecule has 0 amide bonds. The summed E-state index contributed by atoms with van der Waals surface area (Å²) in [5, 5.41) is 4.55. The average molecular weight is 272 g/mol. The maximum absolute atomic E-state index is 10.3. The molecule has 0 aliphatic carbocycles. The van der Waals surface area contributed by atoms with Crippen LogP contribution in [-0.4, -0.2) is 71.4 Å². The summed E-state index contributed by atoms with van der Waals surface area (Å²) < 4.78 is 10.3. The van der Waals surface area contributed by atoms with Crippen LogP contribution in [0.3, 0.4) is 0 Å². The predicted molar refractivity (Wildman–Crippen MR) is 57.9 cm³/mol. The molecule has 6 nitrogen and oxygen atoms in total. The van der Waals surface area contributed by atoms with Crippen LogP contribution >= 0.6 is 19.8 Å². The minimum Gasteiger partial charge on any atom is -0.779 e. The van der Waals surface area contributed by atoms with E-state index in [1.54, 1.807) is 19.1 Å². The maximum Gasteiger partial charge on any atom is 1.00 e. The Morgan fingerprint density at radius 3 is 2.40 bits per heavy atom. The van der Waals surface area contributed by atoms with Crippen molar-refractivity contribution in [2.45, 2.75) is 0 Å². The number of rotatable bonds is 4. The van der Waals surface area contributed by atoms with E-state index in [-0.39, 0.29) is 71.8 Å². The van der Waals surface area contributed by atoms with Gasteiger partial charge in [0.1, 0.15) is 7.60 Å². The first-order chi connectivity index (χ1) is 5.81. The topological polar surface area (TPSA) is 87.7 Å². The molecular weight excluding hydrogens is 259 g/mol. The van der Waals surface area contributed by atoms with Crippen LogP contribution in [0.1, 0.15) is 0 Å². The molecule has 0 bridgehead atoms. The summed E-state index contributed by atoms with van der Waals surface area (Å²) in [6.07, 6.45) is -0.331. The standard InChI is InChI=1S/C5H14N3O3PS.2Na/c1-8(2)7-5(13)6-3-4-12(9,10)11;;/h3-4H2,1-2H3,(H2,6,7,13)(H2,9,10,11);;/q;;+1/p-1. The van der Waals surface area contributed by atoms with Crippen LogP contribution < -0.4 is 45.2 Å². The van der Waals surface area contributed by atoms with Crippen molar-refractivity contribution in [3.63, 3.8) is 0 Å². The Kier molecular flexibility index (Phi) is 16.0. The van der Waals surface area contributed by atoms with Crippen LogP contribution in [0.5, 0.6) is 0 Å². The molecule has 0 aromatic heterocycles. The van der Waals surface area contributed by atoms with Gasteiger partial charge in [0.05, 0.1) is 0 Å². The number of hydrogen-bond acceptors (Lipinski definition) is 4. The minimum atomic E-state index is -4.17. The molecule has 0 aromatic rings. The van der Waals surface area contributed by atoms with E-state index in [9.17, 15) is 9.46 Å². The molecule has 0 fully saturated rings. The molecule has 1 radical (unpaired) electrons. The van der Waals surface area contributed by atoms with Gasteiger partial charge in [0, 0.05) is 56.4 Å². The second kappa shape index (κ2) is 10.9. The molecule has 3 N–H and O–H groups in total. The number of nitrogens with zero attached hydrogens (tertiary/aromatic N) is 1. The molecule has 1 unspecified atom stereocenters. The van der Waals surface area contributed by atoms with E-state index in [2.05, 4.69) is 10.7 Å². The quantitative estimate of drug-likeness (QED) is 0.205. The van der Waals surface area contributed by atoms with Gasteiger partial charge in [-0.3, -0.25) is 5.43 Å². The predicted octanol–water partition coefficient (Wildman–Crippen LogP) is -4.90. The monoisotopic (exact) mass is 272 g/mol. The molecule has 0 saturated carbocycles. The molecule has 0 spiro atoms. The van der Waals surface area contributed by atoms with Gasteiger partial charge in [0.2, 0.25) is 0 Å². The first-order valence-corrected chi connectivity index (χ1v) is 5.73. The molecule has 15 heavy (non-hydrogen) atoms. The summed E-state index contributed by atoms with van der Waals surface area (Å²) in [5.41, 5.74) is 2.71. The summed E-state index contributed by atoms with van der Waals surface area (Å²) in [6.45, 7) is 0.0942. The fourth-order valence-corrected chi connectivity index (χ4v) is 1.23. The van der Waals surface area contributed by atoms with Crippen molar-refractivity contribution in [1.29, 1.82) is 0 Å². The molecule has 1 atom stereocenters. The van der Waals surface area contributed by atoms with Gasteiger partial charge in [-0.25, -0.2) is 5.01 Å². The molecule has 79 valence electrons. The van der Waals surface area contributed by atoms with Gasteiger partial charge in [-0.1, -0.05) is 0 Å². The normalized spacial score (nSPS) is 13.1. The third kappa shape index (κ3) is 18.4. The van der Waals surface area contributed by atoms with Crippen LogP contribution in [-0.2, 0) is 4.57 Å². The van der Waals surface area contributed by atoms with Gasteiger partial charge in [0.15, 0.2) is 5.11 Å². The zero-order valence-electron chi connectivity index (χ0n) is 9.48. The zero-order valence-corrected chi connectivity index (χ0v) is 15.2. The summed E-state index contributed by atoms with van der Waals surface area (Å²) in [4.78, 5) is 18.7. The van der Waals surface area contributed by atoms with Gasteiger partial charge in [-0.2, -0.15) is 0 Å². The van der Waals surface area contributed by atoms with E-state index < -0.39 is 7.60 Å². The molecule has 10 heteroatoms. The SMILES string of the molecule is CN(C)NC(=S)NCCP(=O)([O-])O.[Na+].[Na]. The van der Waals surface area contributed by atoms with Gasteiger partial charge < -0.3 is 19.7 Å². The van der Waals surface area contributed by atoms with Crippen molar-refractivity contribution in [2.75, 3.05) is 26.8 Å². The number of hydrogen-bond donors (Lipinski definition) is 3. The average Bonchev–Trinajstić information content (AvgIpc) is 1.81. The molecule has 0 aliphatic heterocycles. The summed E-state index contributed by atoms with van der Waals surface area (Å²) in [7, 11) is -0.673. The molecule has 0 heterocycles. The number of thiocarbonyl (C=S) groups is 1. The fraction of sp³-hybridized carbons (Fsp3) is 0.800. The maximum atomic E-state index is 10.3. The van der Waals surface area contributed by atoms with E-state index in [1.807, 2.05) is 0 Å². The largest absolute Gasteiger partial charge is 1.00 e. The smallest absolute Gasteiger partial charge is 0.779 e. The number of hydrazine groups is 1. The first kappa shape index (κ1) is 22.0. The van der Waals surface area contributed by atoms with Crippen LogP contribution in [0, 0.1) is 0 Å². The Bertz CT molecular complexity index is 226. The summed E-state index contributed by atoms with van der Waals surface area (Å²) in [6, 6.07) is 0. The molecule has 0 aliphatic rings. The van der Waals surface area contributed by atoms with Crippen LogP contribution in [0.15, 0.2) is 0 Å². The fourth-order valence-electron chi connectivity index (χ4n) is 0.553. The second-order valence-corrected chi connectivity index (χ2v) is 4.75. The first-order valence-electron chi connectivity index (χ1n) is 3.56. The zero-order chi connectivity index (χ0) is 10.5. The van der Waals surface area contributed by atoms with Gasteiger partial charge in [-0.05, 0) is 12.2 Å². The molecular formula is C5H13N3Na2O3PS. The van der Waals surface area contributed by atoms with Crippen molar-refractivity contribution in [1.82, 2.24) is 15.8 Å². The Morgan fingerprint density at radius 2 is 2.07 bits per heavy atom. The Balaban J connectivity index is -0.000000720. The molecule has 0 rings (SSSR count).